The lowest BCUT2D eigenvalue weighted by Gasteiger charge is -2.14. The van der Waals surface area contributed by atoms with Crippen molar-refractivity contribution < 1.29 is 4.74 Å². The van der Waals surface area contributed by atoms with E-state index in [0.29, 0.717) is 6.61 Å². The van der Waals surface area contributed by atoms with E-state index in [1.807, 2.05) is 13.0 Å². The Morgan fingerprint density at radius 3 is 2.82 bits per heavy atom. The van der Waals surface area contributed by atoms with Crippen molar-refractivity contribution in [3.8, 4) is 5.75 Å². The van der Waals surface area contributed by atoms with Crippen LogP contribution in [0.25, 0.3) is 0 Å². The highest BCUT2D eigenvalue weighted by Crippen LogP contribution is 2.26. The largest absolute Gasteiger partial charge is 0.489 e. The number of ether oxygens (including phenoxy) is 1. The topological polar surface area (TPSA) is 35.2 Å². The van der Waals surface area contributed by atoms with Gasteiger partial charge in [0, 0.05) is 11.6 Å². The first-order valence-electron chi connectivity index (χ1n) is 5.67. The SMILES string of the molecule is Cc1ccc(OCc2ccsc2)c(C(C)N)c1. The molecule has 0 bridgehead atoms. The highest BCUT2D eigenvalue weighted by atomic mass is 32.1. The van der Waals surface area contributed by atoms with Gasteiger partial charge in [-0.25, -0.2) is 0 Å². The van der Waals surface area contributed by atoms with Gasteiger partial charge in [0.05, 0.1) is 0 Å². The summed E-state index contributed by atoms with van der Waals surface area (Å²) in [6.45, 7) is 4.65. The van der Waals surface area contributed by atoms with Crippen LogP contribution in [0.5, 0.6) is 5.75 Å². The summed E-state index contributed by atoms with van der Waals surface area (Å²) in [5.41, 5.74) is 9.43. The molecule has 0 radical (unpaired) electrons. The Kier molecular flexibility index (Phi) is 3.82. The minimum atomic E-state index is -0.00706. The summed E-state index contributed by atoms with van der Waals surface area (Å²) >= 11 is 1.68. The van der Waals surface area contributed by atoms with Gasteiger partial charge in [0.2, 0.25) is 0 Å². The molecule has 1 aromatic carbocycles. The van der Waals surface area contributed by atoms with Crippen LogP contribution < -0.4 is 10.5 Å². The van der Waals surface area contributed by atoms with Crippen molar-refractivity contribution >= 4 is 11.3 Å². The lowest BCUT2D eigenvalue weighted by Crippen LogP contribution is -2.08. The van der Waals surface area contributed by atoms with E-state index in [1.165, 1.54) is 11.1 Å². The summed E-state index contributed by atoms with van der Waals surface area (Å²) < 4.78 is 5.82. The summed E-state index contributed by atoms with van der Waals surface area (Å²) in [5.74, 6) is 0.886. The maximum atomic E-state index is 5.95. The van der Waals surface area contributed by atoms with E-state index in [1.54, 1.807) is 11.3 Å². The second-order valence-electron chi connectivity index (χ2n) is 4.25. The van der Waals surface area contributed by atoms with Crippen molar-refractivity contribution in [1.29, 1.82) is 0 Å². The van der Waals surface area contributed by atoms with Gasteiger partial charge in [0.1, 0.15) is 12.4 Å². The lowest BCUT2D eigenvalue weighted by molar-refractivity contribution is 0.302. The van der Waals surface area contributed by atoms with Gasteiger partial charge in [0.15, 0.2) is 0 Å². The Balaban J connectivity index is 2.14. The number of aryl methyl sites for hydroxylation is 1. The van der Waals surface area contributed by atoms with Crippen LogP contribution >= 0.6 is 11.3 Å². The van der Waals surface area contributed by atoms with Crippen molar-refractivity contribution in [3.05, 3.63) is 51.7 Å². The molecule has 17 heavy (non-hydrogen) atoms. The van der Waals surface area contributed by atoms with Crippen molar-refractivity contribution in [2.24, 2.45) is 5.73 Å². The Labute approximate surface area is 106 Å². The van der Waals surface area contributed by atoms with E-state index < -0.39 is 0 Å². The molecule has 0 aliphatic heterocycles. The number of nitrogens with two attached hydrogens (primary N) is 1. The molecule has 0 amide bonds. The predicted octanol–water partition coefficient (Wildman–Crippen LogP) is 3.66. The minimum Gasteiger partial charge on any atom is -0.489 e. The van der Waals surface area contributed by atoms with Gasteiger partial charge in [-0.1, -0.05) is 17.7 Å². The number of hydrogen-bond acceptors (Lipinski definition) is 3. The second-order valence-corrected chi connectivity index (χ2v) is 5.03. The average Bonchev–Trinajstić information content (AvgIpc) is 2.80. The molecule has 0 saturated heterocycles. The number of benzene rings is 1. The molecule has 0 spiro atoms. The highest BCUT2D eigenvalue weighted by molar-refractivity contribution is 7.07. The van der Waals surface area contributed by atoms with E-state index in [4.69, 9.17) is 10.5 Å². The zero-order valence-corrected chi connectivity index (χ0v) is 11.0. The molecule has 2 aromatic rings. The van der Waals surface area contributed by atoms with Gasteiger partial charge in [-0.2, -0.15) is 11.3 Å². The van der Waals surface area contributed by atoms with Crippen LogP contribution in [0.15, 0.2) is 35.0 Å². The Hall–Kier alpha value is -1.32. The van der Waals surface area contributed by atoms with Crippen molar-refractivity contribution in [3.63, 3.8) is 0 Å². The average molecular weight is 247 g/mol. The van der Waals surface area contributed by atoms with E-state index >= 15 is 0 Å². The molecule has 1 unspecified atom stereocenters. The van der Waals surface area contributed by atoms with Gasteiger partial charge in [-0.15, -0.1) is 0 Å². The van der Waals surface area contributed by atoms with Gasteiger partial charge in [-0.05, 0) is 42.3 Å². The zero-order valence-electron chi connectivity index (χ0n) is 10.1. The smallest absolute Gasteiger partial charge is 0.124 e. The van der Waals surface area contributed by atoms with Crippen LogP contribution in [0.4, 0.5) is 0 Å². The minimum absolute atomic E-state index is 0.00706. The maximum absolute atomic E-state index is 5.95. The fourth-order valence-electron chi connectivity index (χ4n) is 1.69. The molecule has 0 aliphatic rings. The fraction of sp³-hybridized carbons (Fsp3) is 0.286. The van der Waals surface area contributed by atoms with E-state index in [-0.39, 0.29) is 6.04 Å². The Bertz CT molecular complexity index is 477. The maximum Gasteiger partial charge on any atom is 0.124 e. The molecular weight excluding hydrogens is 230 g/mol. The molecule has 0 saturated carbocycles. The van der Waals surface area contributed by atoms with Crippen LogP contribution in [0, 0.1) is 6.92 Å². The van der Waals surface area contributed by atoms with Crippen molar-refractivity contribution in [2.45, 2.75) is 26.5 Å². The molecule has 2 nitrogen and oxygen atoms in total. The summed E-state index contributed by atoms with van der Waals surface area (Å²) in [6.07, 6.45) is 0. The van der Waals surface area contributed by atoms with Gasteiger partial charge in [-0.3, -0.25) is 0 Å². The molecule has 3 heteroatoms. The van der Waals surface area contributed by atoms with Crippen molar-refractivity contribution in [2.75, 3.05) is 0 Å². The third-order valence-corrected chi connectivity index (χ3v) is 3.36. The molecular formula is C14H17NOS. The zero-order chi connectivity index (χ0) is 12.3. The van der Waals surface area contributed by atoms with Gasteiger partial charge >= 0.3 is 0 Å². The normalized spacial score (nSPS) is 12.4. The first-order chi connectivity index (χ1) is 8.16. The summed E-state index contributed by atoms with van der Waals surface area (Å²) in [6, 6.07) is 8.21. The fourth-order valence-corrected chi connectivity index (χ4v) is 2.34. The Morgan fingerprint density at radius 1 is 1.35 bits per heavy atom. The molecule has 2 rings (SSSR count). The third-order valence-electron chi connectivity index (χ3n) is 2.63. The van der Waals surface area contributed by atoms with Gasteiger partial charge < -0.3 is 10.5 Å². The van der Waals surface area contributed by atoms with Crippen LogP contribution in [0.2, 0.25) is 0 Å². The van der Waals surface area contributed by atoms with Crippen LogP contribution in [-0.2, 0) is 6.61 Å². The van der Waals surface area contributed by atoms with E-state index in [0.717, 1.165) is 11.3 Å². The standard InChI is InChI=1S/C14H17NOS/c1-10-3-4-14(13(7-10)11(2)15)16-8-12-5-6-17-9-12/h3-7,9,11H,8,15H2,1-2H3. The molecule has 0 fully saturated rings. The summed E-state index contributed by atoms with van der Waals surface area (Å²) in [4.78, 5) is 0. The number of rotatable bonds is 4. The van der Waals surface area contributed by atoms with Crippen LogP contribution in [0.1, 0.15) is 29.7 Å². The molecule has 0 aliphatic carbocycles. The second kappa shape index (κ2) is 5.34. The summed E-state index contributed by atoms with van der Waals surface area (Å²) in [5, 5.41) is 4.15. The quantitative estimate of drug-likeness (QED) is 0.895. The third kappa shape index (κ3) is 3.08. The monoisotopic (exact) mass is 247 g/mol. The summed E-state index contributed by atoms with van der Waals surface area (Å²) in [7, 11) is 0. The first-order valence-corrected chi connectivity index (χ1v) is 6.61. The Morgan fingerprint density at radius 2 is 2.18 bits per heavy atom. The van der Waals surface area contributed by atoms with Crippen LogP contribution in [-0.4, -0.2) is 0 Å². The van der Waals surface area contributed by atoms with Gasteiger partial charge in [0.25, 0.3) is 0 Å². The number of thiophene rings is 1. The van der Waals surface area contributed by atoms with E-state index in [2.05, 4.69) is 35.9 Å². The predicted molar refractivity (Wildman–Crippen MR) is 72.4 cm³/mol. The molecule has 1 aromatic heterocycles. The van der Waals surface area contributed by atoms with E-state index in [9.17, 15) is 0 Å². The molecule has 1 atom stereocenters. The molecule has 1 heterocycles. The highest BCUT2D eigenvalue weighted by Gasteiger charge is 2.08. The molecule has 2 N–H and O–H groups in total. The van der Waals surface area contributed by atoms with Crippen LogP contribution in [0.3, 0.4) is 0 Å². The van der Waals surface area contributed by atoms with Crippen molar-refractivity contribution in [1.82, 2.24) is 0 Å². The number of hydrogen-bond donors (Lipinski definition) is 1. The lowest BCUT2D eigenvalue weighted by atomic mass is 10.1. The first kappa shape index (κ1) is 12.1. The molecule has 90 valence electrons.